The molecule has 2 aliphatic rings. The van der Waals surface area contributed by atoms with Crippen molar-refractivity contribution in [2.45, 2.75) is 37.8 Å². The first-order valence-electron chi connectivity index (χ1n) is 5.41. The van der Waals surface area contributed by atoms with Crippen molar-refractivity contribution in [2.75, 3.05) is 13.1 Å². The Morgan fingerprint density at radius 2 is 2.00 bits per heavy atom. The molecule has 1 aliphatic carbocycles. The number of carbonyl (C=O) groups excluding carboxylic acids is 1. The van der Waals surface area contributed by atoms with Gasteiger partial charge in [-0.05, 0) is 25.7 Å². The van der Waals surface area contributed by atoms with Crippen LogP contribution in [0.1, 0.15) is 32.1 Å². The van der Waals surface area contributed by atoms with Crippen molar-refractivity contribution in [1.82, 2.24) is 10.2 Å². The number of aliphatic carboxylic acids is 1. The summed E-state index contributed by atoms with van der Waals surface area (Å²) >= 11 is 0. The Hall–Kier alpha value is -0.100. The summed E-state index contributed by atoms with van der Waals surface area (Å²) in [5.74, 6) is -1.02. The van der Waals surface area contributed by atoms with Gasteiger partial charge in [0.15, 0.2) is 0 Å². The van der Waals surface area contributed by atoms with Crippen LogP contribution in [0.4, 0.5) is 0 Å². The van der Waals surface area contributed by atoms with E-state index in [1.165, 1.54) is 11.3 Å². The van der Waals surface area contributed by atoms with E-state index < -0.39 is 5.97 Å². The first kappa shape index (κ1) is 14.0. The van der Waals surface area contributed by atoms with Gasteiger partial charge in [-0.15, -0.1) is 0 Å². The molecule has 0 aromatic carbocycles. The van der Waals surface area contributed by atoms with Crippen LogP contribution in [0.2, 0.25) is 0 Å². The molecule has 1 aliphatic heterocycles. The number of carboxylic acid groups (broad SMARTS) is 1. The van der Waals surface area contributed by atoms with Gasteiger partial charge in [-0.25, -0.2) is 0 Å². The standard InChI is InChI=1S/C10H16N2O3.Na/c13-8-6-11-10(4-2-1-3-5-10)12(8)7-9(14)15;/h11H,1-7H2,(H,14,15);. The molecule has 0 atom stereocenters. The molecule has 0 aromatic heterocycles. The summed E-state index contributed by atoms with van der Waals surface area (Å²) in [6.07, 6.45) is 5.07. The number of amides is 1. The number of carboxylic acids is 1. The molecular formula is C10H16N2NaO3. The Labute approximate surface area is 117 Å². The molecule has 16 heavy (non-hydrogen) atoms. The maximum absolute atomic E-state index is 11.6. The summed E-state index contributed by atoms with van der Waals surface area (Å²) in [6.45, 7) is 0.110. The van der Waals surface area contributed by atoms with Crippen molar-refractivity contribution in [1.29, 1.82) is 0 Å². The normalized spacial score (nSPS) is 23.2. The van der Waals surface area contributed by atoms with E-state index in [4.69, 9.17) is 5.11 Å². The van der Waals surface area contributed by atoms with Crippen molar-refractivity contribution < 1.29 is 14.7 Å². The van der Waals surface area contributed by atoms with Gasteiger partial charge in [0, 0.05) is 29.6 Å². The molecule has 1 amide bonds. The third-order valence-corrected chi connectivity index (χ3v) is 3.36. The Kier molecular flexibility index (Phi) is 4.79. The second-order valence-corrected chi connectivity index (χ2v) is 4.32. The predicted molar refractivity (Wildman–Crippen MR) is 58.9 cm³/mol. The third kappa shape index (κ3) is 2.59. The second kappa shape index (κ2) is 5.49. The Balaban J connectivity index is 0.00000128. The van der Waals surface area contributed by atoms with E-state index in [2.05, 4.69) is 5.32 Å². The van der Waals surface area contributed by atoms with Crippen molar-refractivity contribution in [2.24, 2.45) is 0 Å². The zero-order chi connectivity index (χ0) is 10.9. The van der Waals surface area contributed by atoms with Crippen LogP contribution in [-0.2, 0) is 9.59 Å². The fourth-order valence-corrected chi connectivity index (χ4v) is 2.63. The fourth-order valence-electron chi connectivity index (χ4n) is 2.63. The van der Waals surface area contributed by atoms with Crippen LogP contribution in [0.25, 0.3) is 0 Å². The summed E-state index contributed by atoms with van der Waals surface area (Å²) in [4.78, 5) is 23.8. The van der Waals surface area contributed by atoms with Crippen LogP contribution in [-0.4, -0.2) is 70.2 Å². The monoisotopic (exact) mass is 235 g/mol. The number of nitrogens with zero attached hydrogens (tertiary/aromatic N) is 1. The number of rotatable bonds is 2. The molecule has 2 rings (SSSR count). The number of hydrogen-bond donors (Lipinski definition) is 2. The van der Waals surface area contributed by atoms with Gasteiger partial charge in [-0.2, -0.15) is 0 Å². The Morgan fingerprint density at radius 1 is 1.38 bits per heavy atom. The predicted octanol–water partition coefficient (Wildman–Crippen LogP) is -0.218. The SMILES string of the molecule is O=C(O)CN1C(=O)CNC12CCCCC2.[Na]. The molecule has 1 saturated carbocycles. The summed E-state index contributed by atoms with van der Waals surface area (Å²) in [6, 6.07) is 0. The smallest absolute Gasteiger partial charge is 0.323 e. The Morgan fingerprint density at radius 3 is 2.56 bits per heavy atom. The zero-order valence-corrected chi connectivity index (χ0v) is 11.7. The van der Waals surface area contributed by atoms with Crippen molar-refractivity contribution in [3.05, 3.63) is 0 Å². The van der Waals surface area contributed by atoms with Gasteiger partial charge < -0.3 is 10.0 Å². The van der Waals surface area contributed by atoms with Gasteiger partial charge in [0.05, 0.1) is 12.2 Å². The van der Waals surface area contributed by atoms with E-state index in [1.54, 1.807) is 0 Å². The van der Waals surface area contributed by atoms with Gasteiger partial charge in [-0.3, -0.25) is 14.9 Å². The molecular weight excluding hydrogens is 219 g/mol. The molecule has 1 saturated heterocycles. The van der Waals surface area contributed by atoms with E-state index in [0.29, 0.717) is 0 Å². The average molecular weight is 235 g/mol. The molecule has 85 valence electrons. The van der Waals surface area contributed by atoms with Crippen LogP contribution >= 0.6 is 0 Å². The van der Waals surface area contributed by atoms with Crippen LogP contribution in [0.15, 0.2) is 0 Å². The van der Waals surface area contributed by atoms with Crippen LogP contribution in [0.3, 0.4) is 0 Å². The quantitative estimate of drug-likeness (QED) is 0.649. The molecule has 1 radical (unpaired) electrons. The van der Waals surface area contributed by atoms with Crippen molar-refractivity contribution >= 4 is 41.4 Å². The minimum Gasteiger partial charge on any atom is -0.480 e. The van der Waals surface area contributed by atoms with Gasteiger partial charge in [0.1, 0.15) is 6.54 Å². The van der Waals surface area contributed by atoms with Crippen LogP contribution in [0, 0.1) is 0 Å². The molecule has 6 heteroatoms. The van der Waals surface area contributed by atoms with Gasteiger partial charge in [0.2, 0.25) is 5.91 Å². The minimum atomic E-state index is -0.933. The average Bonchev–Trinajstić information content (AvgIpc) is 2.48. The van der Waals surface area contributed by atoms with Gasteiger partial charge >= 0.3 is 5.97 Å². The summed E-state index contributed by atoms with van der Waals surface area (Å²) in [7, 11) is 0. The first-order chi connectivity index (χ1) is 7.14. The number of nitrogens with one attached hydrogen (secondary N) is 1. The topological polar surface area (TPSA) is 69.6 Å². The molecule has 0 unspecified atom stereocenters. The summed E-state index contributed by atoms with van der Waals surface area (Å²) in [5.41, 5.74) is -0.353. The summed E-state index contributed by atoms with van der Waals surface area (Å²) < 4.78 is 0. The maximum Gasteiger partial charge on any atom is 0.323 e. The van der Waals surface area contributed by atoms with E-state index in [-0.39, 0.29) is 54.2 Å². The van der Waals surface area contributed by atoms with Crippen LogP contribution < -0.4 is 5.32 Å². The molecule has 0 aromatic rings. The molecule has 5 nitrogen and oxygen atoms in total. The third-order valence-electron chi connectivity index (χ3n) is 3.36. The molecule has 0 bridgehead atoms. The van der Waals surface area contributed by atoms with Crippen molar-refractivity contribution in [3.63, 3.8) is 0 Å². The largest absolute Gasteiger partial charge is 0.480 e. The first-order valence-corrected chi connectivity index (χ1v) is 5.41. The van der Waals surface area contributed by atoms with E-state index >= 15 is 0 Å². The number of hydrogen-bond acceptors (Lipinski definition) is 3. The van der Waals surface area contributed by atoms with E-state index in [0.717, 1.165) is 25.7 Å². The van der Waals surface area contributed by atoms with E-state index in [9.17, 15) is 9.59 Å². The van der Waals surface area contributed by atoms with Gasteiger partial charge in [-0.1, -0.05) is 6.42 Å². The van der Waals surface area contributed by atoms with Gasteiger partial charge in [0.25, 0.3) is 0 Å². The van der Waals surface area contributed by atoms with E-state index in [1.807, 2.05) is 0 Å². The second-order valence-electron chi connectivity index (χ2n) is 4.32. The van der Waals surface area contributed by atoms with Crippen LogP contribution in [0.5, 0.6) is 0 Å². The molecule has 1 spiro atoms. The zero-order valence-electron chi connectivity index (χ0n) is 9.66. The van der Waals surface area contributed by atoms with Crippen molar-refractivity contribution in [3.8, 4) is 0 Å². The summed E-state index contributed by atoms with van der Waals surface area (Å²) in [5, 5.41) is 12.0. The minimum absolute atomic E-state index is 0. The Bertz CT molecular complexity index is 290. The molecule has 2 fully saturated rings. The molecule has 2 N–H and O–H groups in total. The maximum atomic E-state index is 11.6. The fraction of sp³-hybridized carbons (Fsp3) is 0.800. The number of carbonyl (C=O) groups is 2. The molecule has 1 heterocycles.